The van der Waals surface area contributed by atoms with Gasteiger partial charge in [-0.1, -0.05) is 17.7 Å². The van der Waals surface area contributed by atoms with Crippen LogP contribution in [0.1, 0.15) is 28.6 Å². The Morgan fingerprint density at radius 3 is 2.67 bits per heavy atom. The molecule has 2 N–H and O–H groups in total. The summed E-state index contributed by atoms with van der Waals surface area (Å²) in [5.41, 5.74) is 1.76. The van der Waals surface area contributed by atoms with Gasteiger partial charge in [0.05, 0.1) is 7.11 Å². The van der Waals surface area contributed by atoms with E-state index in [4.69, 9.17) is 20.8 Å². The molecule has 8 nitrogen and oxygen atoms in total. The molecule has 0 aliphatic heterocycles. The number of sulfonamides is 1. The van der Waals surface area contributed by atoms with Gasteiger partial charge < -0.3 is 9.15 Å². The van der Waals surface area contributed by atoms with Crippen molar-refractivity contribution in [2.24, 2.45) is 0 Å². The number of hydrogen-bond acceptors (Lipinski definition) is 6. The molecule has 3 rings (SSSR count). The number of methoxy groups -OCH3 is 1. The van der Waals surface area contributed by atoms with Crippen molar-refractivity contribution in [2.45, 2.75) is 31.2 Å². The second-order valence-corrected chi connectivity index (χ2v) is 8.71. The molecule has 3 aromatic rings. The number of aromatic nitrogens is 2. The highest BCUT2D eigenvalue weighted by Crippen LogP contribution is 2.30. The quantitative estimate of drug-likeness (QED) is 0.566. The lowest BCUT2D eigenvalue weighted by Crippen LogP contribution is -2.31. The molecule has 0 amide bonds. The van der Waals surface area contributed by atoms with Crippen LogP contribution in [0, 0.1) is 19.7 Å². The molecule has 2 aromatic carbocycles. The minimum Gasteiger partial charge on any atom is -0.495 e. The summed E-state index contributed by atoms with van der Waals surface area (Å²) in [5, 5.41) is 6.10. The molecule has 1 atom stereocenters. The molecule has 160 valence electrons. The van der Waals surface area contributed by atoms with Crippen molar-refractivity contribution in [2.75, 3.05) is 7.11 Å². The van der Waals surface area contributed by atoms with E-state index in [1.54, 1.807) is 13.0 Å². The zero-order chi connectivity index (χ0) is 22.1. The van der Waals surface area contributed by atoms with Gasteiger partial charge >= 0.3 is 5.76 Å². The molecule has 0 unspecified atom stereocenters. The number of aryl methyl sites for hydroxylation is 1. The van der Waals surface area contributed by atoms with Crippen molar-refractivity contribution in [1.82, 2.24) is 14.9 Å². The van der Waals surface area contributed by atoms with E-state index in [-0.39, 0.29) is 33.5 Å². The fraction of sp³-hybridized carbons (Fsp3) is 0.263. The van der Waals surface area contributed by atoms with Crippen molar-refractivity contribution in [3.8, 4) is 5.75 Å². The Labute approximate surface area is 177 Å². The molecular formula is C19H19ClFN3O5S. The molecule has 0 saturated heterocycles. The number of nitrogens with zero attached hydrogens (tertiary/aromatic N) is 1. The predicted octanol–water partition coefficient (Wildman–Crippen LogP) is 3.04. The van der Waals surface area contributed by atoms with E-state index in [9.17, 15) is 17.6 Å². The minimum atomic E-state index is -4.19. The van der Waals surface area contributed by atoms with Crippen LogP contribution in [-0.4, -0.2) is 25.7 Å². The van der Waals surface area contributed by atoms with Gasteiger partial charge in [0, 0.05) is 17.5 Å². The van der Waals surface area contributed by atoms with Gasteiger partial charge in [-0.05, 0) is 48.7 Å². The van der Waals surface area contributed by atoms with Crippen LogP contribution < -0.4 is 15.2 Å². The summed E-state index contributed by atoms with van der Waals surface area (Å²) in [6.07, 6.45) is -0.137. The average molecular weight is 456 g/mol. The van der Waals surface area contributed by atoms with E-state index in [1.165, 1.54) is 31.4 Å². The van der Waals surface area contributed by atoms with Crippen LogP contribution in [0.15, 0.2) is 44.4 Å². The first-order chi connectivity index (χ1) is 14.1. The molecular weight excluding hydrogens is 437 g/mol. The van der Waals surface area contributed by atoms with Crippen LogP contribution in [0.2, 0.25) is 5.02 Å². The molecule has 1 aromatic heterocycles. The molecule has 0 aliphatic rings. The summed E-state index contributed by atoms with van der Waals surface area (Å²) in [7, 11) is -2.88. The highest BCUT2D eigenvalue weighted by Gasteiger charge is 2.29. The number of nitrogens with one attached hydrogen (secondary N) is 2. The van der Waals surface area contributed by atoms with Gasteiger partial charge in [0.15, 0.2) is 0 Å². The maximum Gasteiger partial charge on any atom is 0.434 e. The van der Waals surface area contributed by atoms with Gasteiger partial charge in [-0.15, -0.1) is 5.10 Å². The molecule has 11 heteroatoms. The summed E-state index contributed by atoms with van der Waals surface area (Å²) in [5.74, 6) is -1.57. The first kappa shape index (κ1) is 22.0. The normalized spacial score (nSPS) is 12.7. The van der Waals surface area contributed by atoms with Crippen molar-refractivity contribution >= 4 is 21.6 Å². The number of ether oxygens (including phenoxy) is 1. The van der Waals surface area contributed by atoms with E-state index in [2.05, 4.69) is 14.9 Å². The topological polar surface area (TPSA) is 114 Å². The third-order valence-electron chi connectivity index (χ3n) is 4.69. The SMILES string of the molecule is COc1cc(Cl)ccc1S(=O)(=O)N[C@@H](Cc1c(F)ccc(C)c1C)c1n[nH]c(=O)o1. The third-order valence-corrected chi connectivity index (χ3v) is 6.43. The Bertz CT molecular complexity index is 1240. The Balaban J connectivity index is 2.05. The van der Waals surface area contributed by atoms with Gasteiger partial charge in [-0.2, -0.15) is 4.72 Å². The van der Waals surface area contributed by atoms with Gasteiger partial charge in [0.1, 0.15) is 22.5 Å². The highest BCUT2D eigenvalue weighted by molar-refractivity contribution is 7.89. The maximum atomic E-state index is 14.5. The smallest absolute Gasteiger partial charge is 0.434 e. The van der Waals surface area contributed by atoms with E-state index in [1.807, 2.05) is 6.92 Å². The van der Waals surface area contributed by atoms with Gasteiger partial charge in [0.25, 0.3) is 0 Å². The van der Waals surface area contributed by atoms with E-state index in [0.29, 0.717) is 5.56 Å². The van der Waals surface area contributed by atoms with E-state index < -0.39 is 27.6 Å². The average Bonchev–Trinajstić information content (AvgIpc) is 3.13. The molecule has 0 saturated carbocycles. The van der Waals surface area contributed by atoms with Gasteiger partial charge in [-0.3, -0.25) is 0 Å². The Kier molecular flexibility index (Phi) is 6.30. The monoisotopic (exact) mass is 455 g/mol. The maximum absolute atomic E-state index is 14.5. The van der Waals surface area contributed by atoms with Crippen LogP contribution in [0.3, 0.4) is 0 Å². The van der Waals surface area contributed by atoms with Crippen molar-refractivity contribution in [3.63, 3.8) is 0 Å². The lowest BCUT2D eigenvalue weighted by Gasteiger charge is -2.19. The fourth-order valence-electron chi connectivity index (χ4n) is 2.98. The molecule has 30 heavy (non-hydrogen) atoms. The van der Waals surface area contributed by atoms with Crippen LogP contribution in [0.25, 0.3) is 0 Å². The van der Waals surface area contributed by atoms with Crippen LogP contribution in [-0.2, 0) is 16.4 Å². The first-order valence-electron chi connectivity index (χ1n) is 8.78. The summed E-state index contributed by atoms with van der Waals surface area (Å²) in [6.45, 7) is 3.53. The minimum absolute atomic E-state index is 0.0233. The van der Waals surface area contributed by atoms with Crippen molar-refractivity contribution in [3.05, 3.63) is 74.3 Å². The summed E-state index contributed by atoms with van der Waals surface area (Å²) in [4.78, 5) is 11.3. The summed E-state index contributed by atoms with van der Waals surface area (Å²) >= 11 is 5.91. The fourth-order valence-corrected chi connectivity index (χ4v) is 4.48. The number of halogens is 2. The van der Waals surface area contributed by atoms with Crippen LogP contribution in [0.5, 0.6) is 5.75 Å². The lowest BCUT2D eigenvalue weighted by molar-refractivity contribution is 0.395. The number of benzene rings is 2. The number of aromatic amines is 1. The number of H-pyrrole nitrogens is 1. The molecule has 0 fully saturated rings. The van der Waals surface area contributed by atoms with E-state index >= 15 is 0 Å². The molecule has 0 aliphatic carbocycles. The van der Waals surface area contributed by atoms with Crippen LogP contribution in [0.4, 0.5) is 4.39 Å². The zero-order valence-corrected chi connectivity index (χ0v) is 17.9. The van der Waals surface area contributed by atoms with Crippen molar-refractivity contribution in [1.29, 1.82) is 0 Å². The number of rotatable bonds is 7. The molecule has 1 heterocycles. The van der Waals surface area contributed by atoms with Gasteiger partial charge in [-0.25, -0.2) is 22.7 Å². The van der Waals surface area contributed by atoms with Crippen molar-refractivity contribution < 1.29 is 22.0 Å². The highest BCUT2D eigenvalue weighted by atomic mass is 35.5. The first-order valence-corrected chi connectivity index (χ1v) is 10.6. The number of hydrogen-bond donors (Lipinski definition) is 2. The Morgan fingerprint density at radius 1 is 1.30 bits per heavy atom. The van der Waals surface area contributed by atoms with E-state index in [0.717, 1.165) is 5.56 Å². The Morgan fingerprint density at radius 2 is 2.03 bits per heavy atom. The zero-order valence-electron chi connectivity index (χ0n) is 16.3. The molecule has 0 bridgehead atoms. The third kappa shape index (κ3) is 4.55. The lowest BCUT2D eigenvalue weighted by atomic mass is 9.97. The van der Waals surface area contributed by atoms with Crippen LogP contribution >= 0.6 is 11.6 Å². The Hall–Kier alpha value is -2.69. The standard InChI is InChI=1S/C19H19ClFN3O5S/c1-10-4-6-14(21)13(11(10)2)9-15(18-22-23-19(25)29-18)24-30(26,27)17-7-5-12(20)8-16(17)28-3/h4-8,15,24H,9H2,1-3H3,(H,23,25)/t15-/m0/s1. The predicted molar refractivity (Wildman–Crippen MR) is 108 cm³/mol. The largest absolute Gasteiger partial charge is 0.495 e. The summed E-state index contributed by atoms with van der Waals surface area (Å²) in [6, 6.07) is 5.79. The van der Waals surface area contributed by atoms with Gasteiger partial charge in [0.2, 0.25) is 15.9 Å². The second kappa shape index (κ2) is 8.58. The summed E-state index contributed by atoms with van der Waals surface area (Å²) < 4.78 is 53.1. The molecule has 0 spiro atoms. The second-order valence-electron chi connectivity index (χ2n) is 6.59. The molecule has 0 radical (unpaired) electrons.